The molecule has 1 atom stereocenters. The molecule has 1 aliphatic heterocycles. The average molecular weight is 489 g/mol. The van der Waals surface area contributed by atoms with Crippen LogP contribution in [-0.2, 0) is 17.6 Å². The van der Waals surface area contributed by atoms with Gasteiger partial charge >= 0.3 is 29.6 Å². The second-order valence-electron chi connectivity index (χ2n) is 7.46. The van der Waals surface area contributed by atoms with Gasteiger partial charge in [0, 0.05) is 22.1 Å². The molecular formula is C24H21N2NaO4S2. The first-order chi connectivity index (χ1) is 15.6. The predicted octanol–water partition coefficient (Wildman–Crippen LogP) is 2.50. The molecule has 5 rings (SSSR count). The van der Waals surface area contributed by atoms with Gasteiger partial charge in [0.2, 0.25) is 11.8 Å². The van der Waals surface area contributed by atoms with E-state index in [2.05, 4.69) is 10.3 Å². The van der Waals surface area contributed by atoms with E-state index in [1.807, 2.05) is 60.8 Å². The van der Waals surface area contributed by atoms with Crippen molar-refractivity contribution in [1.29, 1.82) is 0 Å². The molecule has 6 nitrogen and oxygen atoms in total. The largest absolute Gasteiger partial charge is 1.00 e. The van der Waals surface area contributed by atoms with Gasteiger partial charge in [-0.1, -0.05) is 36.0 Å². The third-order valence-electron chi connectivity index (χ3n) is 5.34. The van der Waals surface area contributed by atoms with Crippen LogP contribution in [0.15, 0.2) is 58.3 Å². The molecule has 0 aliphatic carbocycles. The smallest absolute Gasteiger partial charge is 1.00 e. The minimum absolute atomic E-state index is 0. The number of rotatable bonds is 7. The molecule has 0 bridgehead atoms. The number of nitrogens with zero attached hydrogens (tertiary/aromatic N) is 1. The molecule has 1 aliphatic rings. The summed E-state index contributed by atoms with van der Waals surface area (Å²) in [6.07, 6.45) is 1.15. The number of nitrogens with one attached hydrogen (secondary N) is 1. The fourth-order valence-corrected chi connectivity index (χ4v) is 5.51. The number of thioether (sulfide) groups is 1. The van der Waals surface area contributed by atoms with E-state index in [1.54, 1.807) is 11.3 Å². The molecule has 1 fully saturated rings. The first kappa shape index (κ1) is 24.0. The Bertz CT molecular complexity index is 1310. The van der Waals surface area contributed by atoms with Crippen molar-refractivity contribution >= 4 is 44.3 Å². The Labute approximate surface area is 222 Å². The molecule has 33 heavy (non-hydrogen) atoms. The summed E-state index contributed by atoms with van der Waals surface area (Å²) in [5.74, 6) is 2.00. The summed E-state index contributed by atoms with van der Waals surface area (Å²) in [5.41, 5.74) is 2.88. The minimum Gasteiger partial charge on any atom is -1.00 e. The van der Waals surface area contributed by atoms with Gasteiger partial charge < -0.3 is 10.6 Å². The zero-order valence-corrected chi connectivity index (χ0v) is 21.9. The summed E-state index contributed by atoms with van der Waals surface area (Å²) in [6.45, 7) is 2.39. The predicted molar refractivity (Wildman–Crippen MR) is 127 cm³/mol. The summed E-state index contributed by atoms with van der Waals surface area (Å²) in [7, 11) is 0. The van der Waals surface area contributed by atoms with Crippen molar-refractivity contribution in [3.8, 4) is 17.2 Å². The summed E-state index contributed by atoms with van der Waals surface area (Å²) in [5, 5.41) is 4.73. The molecule has 164 valence electrons. The molecule has 0 saturated carbocycles. The van der Waals surface area contributed by atoms with Crippen LogP contribution in [0.4, 0.5) is 4.79 Å². The molecule has 1 unspecified atom stereocenters. The van der Waals surface area contributed by atoms with Gasteiger partial charge in [-0.05, 0) is 48.6 Å². The molecule has 0 radical (unpaired) electrons. The third-order valence-corrected chi connectivity index (χ3v) is 7.31. The van der Waals surface area contributed by atoms with Crippen LogP contribution < -0.4 is 39.6 Å². The number of fused-ring (bicyclic) bond motifs is 1. The van der Waals surface area contributed by atoms with Gasteiger partial charge in [-0.3, -0.25) is 14.9 Å². The molecule has 1 N–H and O–H groups in total. The minimum atomic E-state index is -0.381. The number of thiophene rings is 1. The molecule has 1 saturated heterocycles. The third kappa shape index (κ3) is 5.20. The molecule has 2 aromatic heterocycles. The maximum Gasteiger partial charge on any atom is 1.00 e. The number of amides is 2. The molecular weight excluding hydrogens is 467 g/mol. The van der Waals surface area contributed by atoms with Crippen molar-refractivity contribution in [3.05, 3.63) is 70.9 Å². The molecule has 4 aromatic rings. The van der Waals surface area contributed by atoms with E-state index in [9.17, 15) is 9.59 Å². The number of aryl methyl sites for hydroxylation is 1. The van der Waals surface area contributed by atoms with E-state index in [4.69, 9.17) is 9.15 Å². The zero-order valence-electron chi connectivity index (χ0n) is 19.3. The van der Waals surface area contributed by atoms with E-state index in [1.165, 1.54) is 0 Å². The fourth-order valence-electron chi connectivity index (χ4n) is 3.73. The summed E-state index contributed by atoms with van der Waals surface area (Å²) >= 11 is 2.67. The van der Waals surface area contributed by atoms with Crippen LogP contribution in [0, 0.1) is 6.92 Å². The van der Waals surface area contributed by atoms with E-state index < -0.39 is 0 Å². The van der Waals surface area contributed by atoms with Crippen LogP contribution in [0.5, 0.6) is 5.75 Å². The van der Waals surface area contributed by atoms with E-state index in [-0.39, 0.29) is 47.4 Å². The second-order valence-corrected chi connectivity index (χ2v) is 9.55. The Morgan fingerprint density at radius 3 is 2.73 bits per heavy atom. The van der Waals surface area contributed by atoms with E-state index in [0.717, 1.165) is 50.2 Å². The van der Waals surface area contributed by atoms with Crippen molar-refractivity contribution in [2.24, 2.45) is 0 Å². The van der Waals surface area contributed by atoms with Crippen molar-refractivity contribution < 1.29 is 49.7 Å². The number of aromatic nitrogens is 1. The Kier molecular flexibility index (Phi) is 7.61. The monoisotopic (exact) mass is 488 g/mol. The Morgan fingerprint density at radius 2 is 1.97 bits per heavy atom. The second kappa shape index (κ2) is 10.4. The van der Waals surface area contributed by atoms with Gasteiger partial charge in [0.15, 0.2) is 0 Å². The van der Waals surface area contributed by atoms with Gasteiger partial charge in [0.05, 0.1) is 17.6 Å². The molecule has 3 heterocycles. The van der Waals surface area contributed by atoms with Crippen LogP contribution in [-0.4, -0.2) is 28.0 Å². The summed E-state index contributed by atoms with van der Waals surface area (Å²) in [4.78, 5) is 28.0. The van der Waals surface area contributed by atoms with Crippen LogP contribution in [0.2, 0.25) is 0 Å². The molecule has 2 aromatic carbocycles. The van der Waals surface area contributed by atoms with Gasteiger partial charge in [-0.25, -0.2) is 4.98 Å². The van der Waals surface area contributed by atoms with E-state index >= 15 is 0 Å². The number of carbonyl (C=O) groups is 2. The van der Waals surface area contributed by atoms with E-state index in [0.29, 0.717) is 25.3 Å². The number of oxazole rings is 1. The maximum atomic E-state index is 11.9. The van der Waals surface area contributed by atoms with Gasteiger partial charge in [0.1, 0.15) is 11.5 Å². The van der Waals surface area contributed by atoms with Gasteiger partial charge in [-0.2, -0.15) is 0 Å². The number of benzene rings is 2. The standard InChI is InChI=1S/C24H20N2O4S2.Na.H/c1-14-18(25-23(30-14)15-5-3-2-4-6-15)9-11-29-19-8-7-16(21-17(19)10-12-31-21)13-20-22(27)26-24(28)32-20;;/h2-8,10,12,20H,9,11,13H2,1H3,(H,26,27,28);;/q;+1;-1. The Balaban J connectivity index is 0.00000162. The van der Waals surface area contributed by atoms with Crippen LogP contribution in [0.3, 0.4) is 0 Å². The van der Waals surface area contributed by atoms with Gasteiger partial charge in [-0.15, -0.1) is 11.3 Å². The fraction of sp³-hybridized carbons (Fsp3) is 0.208. The van der Waals surface area contributed by atoms with Crippen molar-refractivity contribution in [2.45, 2.75) is 25.0 Å². The first-order valence-electron chi connectivity index (χ1n) is 10.2. The van der Waals surface area contributed by atoms with Crippen LogP contribution >= 0.6 is 23.1 Å². The molecule has 2 amide bonds. The Morgan fingerprint density at radius 1 is 1.15 bits per heavy atom. The number of imide groups is 1. The SMILES string of the molecule is Cc1oc(-c2ccccc2)nc1CCOc1ccc(CC2SC(=O)NC2=O)c2sccc12.[H-].[Na+]. The topological polar surface area (TPSA) is 81.4 Å². The maximum absolute atomic E-state index is 11.9. The van der Waals surface area contributed by atoms with Crippen molar-refractivity contribution in [1.82, 2.24) is 10.3 Å². The quantitative estimate of drug-likeness (QED) is 0.403. The average Bonchev–Trinajstić information content (AvgIpc) is 3.50. The summed E-state index contributed by atoms with van der Waals surface area (Å²) < 4.78 is 13.0. The number of ether oxygens (including phenoxy) is 1. The van der Waals surface area contributed by atoms with Crippen molar-refractivity contribution in [3.63, 3.8) is 0 Å². The van der Waals surface area contributed by atoms with Gasteiger partial charge in [0.25, 0.3) is 5.24 Å². The van der Waals surface area contributed by atoms with Crippen molar-refractivity contribution in [2.75, 3.05) is 6.61 Å². The Hall–Kier alpha value is -2.10. The molecule has 0 spiro atoms. The normalized spacial score (nSPS) is 15.5. The van der Waals surface area contributed by atoms with Crippen LogP contribution in [0.25, 0.3) is 21.5 Å². The number of hydrogen-bond acceptors (Lipinski definition) is 7. The number of hydrogen-bond donors (Lipinski definition) is 1. The zero-order chi connectivity index (χ0) is 22.1. The number of carbonyl (C=O) groups excluding carboxylic acids is 2. The van der Waals surface area contributed by atoms with Crippen LogP contribution in [0.1, 0.15) is 18.4 Å². The molecule has 9 heteroatoms. The first-order valence-corrected chi connectivity index (χ1v) is 12.0. The summed E-state index contributed by atoms with van der Waals surface area (Å²) in [6, 6.07) is 15.8.